The van der Waals surface area contributed by atoms with Crippen LogP contribution < -0.4 is 15.2 Å². The Morgan fingerprint density at radius 2 is 1.97 bits per heavy atom. The molecule has 0 aliphatic carbocycles. The summed E-state index contributed by atoms with van der Waals surface area (Å²) in [5.74, 6) is 1.46. The molecule has 0 atom stereocenters. The van der Waals surface area contributed by atoms with Crippen molar-refractivity contribution in [1.29, 1.82) is 5.41 Å². The second-order valence-electron chi connectivity index (χ2n) is 9.44. The molecule has 1 aliphatic heterocycles. The molecule has 2 aromatic rings. The zero-order chi connectivity index (χ0) is 24.2. The Morgan fingerprint density at radius 1 is 1.24 bits per heavy atom. The van der Waals surface area contributed by atoms with Crippen molar-refractivity contribution in [2.75, 3.05) is 26.8 Å². The highest BCUT2D eigenvalue weighted by Gasteiger charge is 2.29. The predicted octanol–water partition coefficient (Wildman–Crippen LogP) is 4.67. The molecule has 0 radical (unpaired) electrons. The summed E-state index contributed by atoms with van der Waals surface area (Å²) in [4.78, 5) is 19.7. The number of halogens is 1. The number of carbonyl (C=O) groups excluding carboxylic acids is 1. The highest BCUT2D eigenvalue weighted by Crippen LogP contribution is 2.40. The Labute approximate surface area is 213 Å². The minimum atomic E-state index is -0.242. The molecule has 0 unspecified atom stereocenters. The number of hydrogen-bond acceptors (Lipinski definition) is 6. The molecule has 7 nitrogen and oxygen atoms in total. The number of nitrogens with one attached hydrogen (secondary N) is 1. The molecule has 186 valence electrons. The lowest BCUT2D eigenvalue weighted by Crippen LogP contribution is -2.30. The van der Waals surface area contributed by atoms with Gasteiger partial charge in [-0.15, -0.1) is 17.0 Å². The minimum Gasteiger partial charge on any atom is -0.493 e. The van der Waals surface area contributed by atoms with Gasteiger partial charge in [-0.3, -0.25) is 10.2 Å². The van der Waals surface area contributed by atoms with Gasteiger partial charge in [-0.25, -0.2) is 4.98 Å². The van der Waals surface area contributed by atoms with Crippen LogP contribution in [0.4, 0.5) is 0 Å². The first-order chi connectivity index (χ1) is 15.7. The normalized spacial score (nSPS) is 12.9. The van der Waals surface area contributed by atoms with Gasteiger partial charge >= 0.3 is 0 Å². The van der Waals surface area contributed by atoms with Crippen molar-refractivity contribution in [2.45, 2.75) is 58.9 Å². The first kappa shape index (κ1) is 27.8. The molecule has 0 saturated carbocycles. The number of amidine groups is 1. The summed E-state index contributed by atoms with van der Waals surface area (Å²) in [5.41, 5.74) is 9.44. The van der Waals surface area contributed by atoms with Crippen molar-refractivity contribution < 1.29 is 14.3 Å². The second-order valence-corrected chi connectivity index (χ2v) is 9.44. The van der Waals surface area contributed by atoms with Gasteiger partial charge < -0.3 is 20.1 Å². The lowest BCUT2D eigenvalue weighted by molar-refractivity contribution is 0.0962. The van der Waals surface area contributed by atoms with Gasteiger partial charge in [0.1, 0.15) is 11.5 Å². The van der Waals surface area contributed by atoms with Crippen LogP contribution in [0.5, 0.6) is 11.5 Å². The molecule has 2 heterocycles. The molecule has 1 aromatic heterocycles. The standard InChI is InChI=1S/C26H36N4O3.BrH/c1-6-19-10-9-17-15-30(25(28)23(17)29-19)16-21(31)18-13-20(26(2,3)4)24(32-5)22(14-18)33-12-8-7-11-27;/h9-10,13-14,28H,6-8,11-12,15-16,27H2,1-5H3;1H. The van der Waals surface area contributed by atoms with Crippen molar-refractivity contribution in [3.63, 3.8) is 0 Å². The van der Waals surface area contributed by atoms with Gasteiger partial charge in [0.25, 0.3) is 0 Å². The Morgan fingerprint density at radius 3 is 2.59 bits per heavy atom. The van der Waals surface area contributed by atoms with Crippen LogP contribution in [0.2, 0.25) is 0 Å². The molecular formula is C26H37BrN4O3. The number of ketones is 1. The number of aryl methyl sites for hydroxylation is 1. The van der Waals surface area contributed by atoms with E-state index in [1.165, 1.54) is 0 Å². The largest absolute Gasteiger partial charge is 0.493 e. The number of rotatable bonds is 10. The molecular weight excluding hydrogens is 496 g/mol. The minimum absolute atomic E-state index is 0. The lowest BCUT2D eigenvalue weighted by Gasteiger charge is -2.25. The van der Waals surface area contributed by atoms with Crippen LogP contribution in [0.3, 0.4) is 0 Å². The molecule has 0 saturated heterocycles. The fourth-order valence-corrected chi connectivity index (χ4v) is 3.96. The fourth-order valence-electron chi connectivity index (χ4n) is 3.96. The van der Waals surface area contributed by atoms with Gasteiger partial charge in [-0.1, -0.05) is 33.8 Å². The van der Waals surface area contributed by atoms with E-state index in [1.54, 1.807) is 18.1 Å². The van der Waals surface area contributed by atoms with E-state index in [9.17, 15) is 4.79 Å². The molecule has 3 rings (SSSR count). The van der Waals surface area contributed by atoms with E-state index < -0.39 is 0 Å². The maximum Gasteiger partial charge on any atom is 0.182 e. The van der Waals surface area contributed by atoms with Gasteiger partial charge in [0.05, 0.1) is 20.3 Å². The summed E-state index contributed by atoms with van der Waals surface area (Å²) in [5, 5.41) is 8.55. The van der Waals surface area contributed by atoms with Crippen molar-refractivity contribution >= 4 is 28.6 Å². The van der Waals surface area contributed by atoms with E-state index in [2.05, 4.69) is 25.8 Å². The average Bonchev–Trinajstić information content (AvgIpc) is 3.09. The summed E-state index contributed by atoms with van der Waals surface area (Å²) >= 11 is 0. The van der Waals surface area contributed by atoms with E-state index in [-0.39, 0.29) is 34.7 Å². The molecule has 0 spiro atoms. The highest BCUT2D eigenvalue weighted by atomic mass is 79.9. The number of fused-ring (bicyclic) bond motifs is 1. The smallest absolute Gasteiger partial charge is 0.182 e. The zero-order valence-corrected chi connectivity index (χ0v) is 22.6. The molecule has 8 heteroatoms. The van der Waals surface area contributed by atoms with E-state index in [1.807, 2.05) is 25.1 Å². The van der Waals surface area contributed by atoms with Crippen molar-refractivity contribution in [1.82, 2.24) is 9.88 Å². The van der Waals surface area contributed by atoms with Crippen LogP contribution in [-0.4, -0.2) is 48.3 Å². The maximum absolute atomic E-state index is 13.4. The van der Waals surface area contributed by atoms with Crippen LogP contribution in [0, 0.1) is 5.41 Å². The summed E-state index contributed by atoms with van der Waals surface area (Å²) in [6.07, 6.45) is 2.52. The van der Waals surface area contributed by atoms with E-state index in [4.69, 9.17) is 20.6 Å². The van der Waals surface area contributed by atoms with Crippen molar-refractivity contribution in [2.24, 2.45) is 5.73 Å². The van der Waals surface area contributed by atoms with Gasteiger partial charge in [-0.2, -0.15) is 0 Å². The summed E-state index contributed by atoms with van der Waals surface area (Å²) in [6.45, 7) is 10.0. The lowest BCUT2D eigenvalue weighted by atomic mass is 9.84. The summed E-state index contributed by atoms with van der Waals surface area (Å²) in [6, 6.07) is 7.66. The maximum atomic E-state index is 13.4. The third-order valence-electron chi connectivity index (χ3n) is 5.88. The fraction of sp³-hybridized carbons (Fsp3) is 0.500. The summed E-state index contributed by atoms with van der Waals surface area (Å²) < 4.78 is 11.7. The number of unbranched alkanes of at least 4 members (excludes halogenated alkanes) is 1. The number of aromatic nitrogens is 1. The van der Waals surface area contributed by atoms with Gasteiger partial charge in [0.15, 0.2) is 17.3 Å². The van der Waals surface area contributed by atoms with Crippen LogP contribution in [-0.2, 0) is 18.4 Å². The summed E-state index contributed by atoms with van der Waals surface area (Å²) in [7, 11) is 1.62. The van der Waals surface area contributed by atoms with E-state index in [0.717, 1.165) is 36.1 Å². The number of ether oxygens (including phenoxy) is 2. The van der Waals surface area contributed by atoms with Crippen molar-refractivity contribution in [3.8, 4) is 11.5 Å². The topological polar surface area (TPSA) is 102 Å². The van der Waals surface area contributed by atoms with Gasteiger partial charge in [0.2, 0.25) is 0 Å². The third kappa shape index (κ3) is 6.16. The van der Waals surface area contributed by atoms with Crippen molar-refractivity contribution in [3.05, 3.63) is 52.3 Å². The quantitative estimate of drug-likeness (QED) is 0.340. The molecule has 1 aliphatic rings. The number of hydrogen-bond donors (Lipinski definition) is 2. The van der Waals surface area contributed by atoms with Gasteiger partial charge in [-0.05, 0) is 49.4 Å². The van der Waals surface area contributed by atoms with Crippen LogP contribution in [0.25, 0.3) is 0 Å². The Bertz CT molecular complexity index is 1030. The molecule has 0 amide bonds. The zero-order valence-electron chi connectivity index (χ0n) is 20.9. The molecule has 3 N–H and O–H groups in total. The van der Waals surface area contributed by atoms with E-state index in [0.29, 0.717) is 48.3 Å². The Hall–Kier alpha value is -2.45. The first-order valence-corrected chi connectivity index (χ1v) is 11.6. The number of benzene rings is 1. The number of carbonyl (C=O) groups is 1. The number of nitrogens with two attached hydrogens (primary N) is 1. The van der Waals surface area contributed by atoms with Gasteiger partial charge in [0, 0.05) is 28.9 Å². The Balaban J connectivity index is 0.00000408. The number of Topliss-reactive ketones (excluding diaryl/α,β-unsaturated/α-hetero) is 1. The number of methoxy groups -OCH3 is 1. The number of pyridine rings is 1. The van der Waals surface area contributed by atoms with Crippen LogP contribution in [0.1, 0.15) is 73.4 Å². The Kier molecular flexibility index (Phi) is 9.64. The molecule has 0 fully saturated rings. The molecule has 0 bridgehead atoms. The van der Waals surface area contributed by atoms with Crippen LogP contribution >= 0.6 is 17.0 Å². The monoisotopic (exact) mass is 532 g/mol. The second kappa shape index (κ2) is 11.8. The molecule has 1 aromatic carbocycles. The number of nitrogens with zero attached hydrogens (tertiary/aromatic N) is 2. The SMILES string of the molecule is Br.CCc1ccc2c(n1)C(=N)N(CC(=O)c1cc(OCCCCN)c(OC)c(C(C)(C)C)c1)C2. The predicted molar refractivity (Wildman–Crippen MR) is 141 cm³/mol. The highest BCUT2D eigenvalue weighted by molar-refractivity contribution is 8.93. The third-order valence-corrected chi connectivity index (χ3v) is 5.88. The van der Waals surface area contributed by atoms with Crippen LogP contribution in [0.15, 0.2) is 24.3 Å². The molecule has 34 heavy (non-hydrogen) atoms. The van der Waals surface area contributed by atoms with E-state index >= 15 is 0 Å². The average molecular weight is 534 g/mol. The first-order valence-electron chi connectivity index (χ1n) is 11.6.